The molecule has 2 atom stereocenters. The van der Waals surface area contributed by atoms with Gasteiger partial charge in [-0.1, -0.05) is 37.3 Å². The Balaban J connectivity index is 1.96. The summed E-state index contributed by atoms with van der Waals surface area (Å²) in [4.78, 5) is 2.21. The lowest BCUT2D eigenvalue weighted by Gasteiger charge is -2.35. The van der Waals surface area contributed by atoms with Crippen LogP contribution in [0.4, 0.5) is 10.8 Å². The van der Waals surface area contributed by atoms with Crippen LogP contribution in [0.25, 0.3) is 11.1 Å². The number of aliphatic hydroxyl groups excluding tert-OH is 1. The number of aliphatic hydroxyl groups is 1. The summed E-state index contributed by atoms with van der Waals surface area (Å²) in [7, 11) is 0. The summed E-state index contributed by atoms with van der Waals surface area (Å²) in [5.74, 6) is 0.931. The Hall–Kier alpha value is -1.59. The minimum atomic E-state index is -0.282. The van der Waals surface area contributed by atoms with Gasteiger partial charge < -0.3 is 15.7 Å². The zero-order valence-electron chi connectivity index (χ0n) is 11.5. The highest BCUT2D eigenvalue weighted by molar-refractivity contribution is 7.11. The fraction of sp³-hybridized carbons (Fsp3) is 0.400. The molecule has 0 radical (unpaired) electrons. The number of nitrogens with two attached hydrogens (primary N) is 1. The van der Waals surface area contributed by atoms with E-state index in [0.29, 0.717) is 18.3 Å². The van der Waals surface area contributed by atoms with Gasteiger partial charge in [-0.15, -0.1) is 0 Å². The van der Waals surface area contributed by atoms with Gasteiger partial charge in [0.2, 0.25) is 0 Å². The third-order valence-electron chi connectivity index (χ3n) is 3.97. The molecule has 2 unspecified atom stereocenters. The Morgan fingerprint density at radius 3 is 2.80 bits per heavy atom. The van der Waals surface area contributed by atoms with Crippen molar-refractivity contribution in [3.63, 3.8) is 0 Å². The van der Waals surface area contributed by atoms with Gasteiger partial charge in [-0.05, 0) is 29.4 Å². The van der Waals surface area contributed by atoms with Gasteiger partial charge >= 0.3 is 0 Å². The van der Waals surface area contributed by atoms with Crippen LogP contribution in [0.5, 0.6) is 0 Å². The van der Waals surface area contributed by atoms with E-state index >= 15 is 0 Å². The second kappa shape index (κ2) is 5.42. The minimum Gasteiger partial charge on any atom is -0.391 e. The van der Waals surface area contributed by atoms with Crippen molar-refractivity contribution >= 4 is 22.4 Å². The SMILES string of the molecule is CC1CCN(c2snc(N)c2-c2ccccc2)CC1O. The van der Waals surface area contributed by atoms with Crippen LogP contribution in [0.2, 0.25) is 0 Å². The highest BCUT2D eigenvalue weighted by atomic mass is 32.1. The average molecular weight is 289 g/mol. The summed E-state index contributed by atoms with van der Waals surface area (Å²) in [6.45, 7) is 3.70. The molecule has 3 rings (SSSR count). The Kier molecular flexibility index (Phi) is 3.63. The van der Waals surface area contributed by atoms with Crippen molar-refractivity contribution in [3.8, 4) is 11.1 Å². The normalized spacial score (nSPS) is 23.0. The molecule has 1 fully saturated rings. The molecule has 0 aliphatic carbocycles. The molecule has 20 heavy (non-hydrogen) atoms. The molecule has 1 aromatic heterocycles. The van der Waals surface area contributed by atoms with E-state index in [9.17, 15) is 5.11 Å². The lowest BCUT2D eigenvalue weighted by atomic mass is 9.96. The average Bonchev–Trinajstić information content (AvgIpc) is 2.85. The Labute approximate surface area is 123 Å². The molecule has 0 bridgehead atoms. The summed E-state index contributed by atoms with van der Waals surface area (Å²) in [6.07, 6.45) is 0.711. The number of hydrogen-bond donors (Lipinski definition) is 2. The van der Waals surface area contributed by atoms with E-state index in [4.69, 9.17) is 5.73 Å². The monoisotopic (exact) mass is 289 g/mol. The maximum Gasteiger partial charge on any atom is 0.147 e. The molecule has 1 aliphatic heterocycles. The van der Waals surface area contributed by atoms with Gasteiger partial charge in [-0.2, -0.15) is 4.37 Å². The van der Waals surface area contributed by atoms with Crippen molar-refractivity contribution in [1.82, 2.24) is 4.37 Å². The van der Waals surface area contributed by atoms with Crippen LogP contribution >= 0.6 is 11.5 Å². The summed E-state index contributed by atoms with van der Waals surface area (Å²) in [6, 6.07) is 10.1. The van der Waals surface area contributed by atoms with Gasteiger partial charge in [0.05, 0.1) is 11.7 Å². The molecule has 0 saturated carbocycles. The molecule has 0 amide bonds. The van der Waals surface area contributed by atoms with Crippen molar-refractivity contribution in [3.05, 3.63) is 30.3 Å². The van der Waals surface area contributed by atoms with Gasteiger partial charge in [0.15, 0.2) is 0 Å². The van der Waals surface area contributed by atoms with Gasteiger partial charge in [0, 0.05) is 13.1 Å². The highest BCUT2D eigenvalue weighted by Crippen LogP contribution is 2.40. The standard InChI is InChI=1S/C15H19N3OS/c1-10-7-8-18(9-12(10)19)15-13(14(16)17-20-15)11-5-3-2-4-6-11/h2-6,10,12,19H,7-9H2,1H3,(H2,16,17). The molecule has 2 heterocycles. The van der Waals surface area contributed by atoms with Crippen LogP contribution in [0, 0.1) is 5.92 Å². The van der Waals surface area contributed by atoms with Crippen LogP contribution in [-0.4, -0.2) is 28.7 Å². The summed E-state index contributed by atoms with van der Waals surface area (Å²) in [5, 5.41) is 11.2. The van der Waals surface area contributed by atoms with Crippen LogP contribution in [0.15, 0.2) is 30.3 Å². The number of piperidine rings is 1. The van der Waals surface area contributed by atoms with E-state index in [1.165, 1.54) is 11.5 Å². The van der Waals surface area contributed by atoms with Crippen molar-refractivity contribution < 1.29 is 5.11 Å². The second-order valence-electron chi connectivity index (χ2n) is 5.39. The van der Waals surface area contributed by atoms with Gasteiger partial charge in [-0.25, -0.2) is 0 Å². The first kappa shape index (κ1) is 13.4. The van der Waals surface area contributed by atoms with Crippen LogP contribution in [0.1, 0.15) is 13.3 Å². The lowest BCUT2D eigenvalue weighted by molar-refractivity contribution is 0.103. The Morgan fingerprint density at radius 1 is 1.35 bits per heavy atom. The molecule has 0 spiro atoms. The lowest BCUT2D eigenvalue weighted by Crippen LogP contribution is -2.42. The summed E-state index contributed by atoms with van der Waals surface area (Å²) in [5.41, 5.74) is 8.13. The number of hydrogen-bond acceptors (Lipinski definition) is 5. The number of nitrogens with zero attached hydrogens (tertiary/aromatic N) is 2. The van der Waals surface area contributed by atoms with E-state index in [2.05, 4.69) is 16.2 Å². The fourth-order valence-corrected chi connectivity index (χ4v) is 3.49. The molecule has 106 valence electrons. The smallest absolute Gasteiger partial charge is 0.147 e. The Morgan fingerprint density at radius 2 is 2.10 bits per heavy atom. The summed E-state index contributed by atoms with van der Waals surface area (Å²) >= 11 is 1.42. The van der Waals surface area contributed by atoms with Crippen molar-refractivity contribution in [1.29, 1.82) is 0 Å². The van der Waals surface area contributed by atoms with Crippen molar-refractivity contribution in [2.45, 2.75) is 19.4 Å². The van der Waals surface area contributed by atoms with Crippen LogP contribution in [0.3, 0.4) is 0 Å². The minimum absolute atomic E-state index is 0.282. The number of aromatic nitrogens is 1. The first-order valence-electron chi connectivity index (χ1n) is 6.90. The molecule has 3 N–H and O–H groups in total. The number of rotatable bonds is 2. The molecule has 2 aromatic rings. The van der Waals surface area contributed by atoms with Gasteiger partial charge in [0.25, 0.3) is 0 Å². The van der Waals surface area contributed by atoms with E-state index in [1.54, 1.807) is 0 Å². The third-order valence-corrected chi connectivity index (χ3v) is 4.89. The van der Waals surface area contributed by atoms with Crippen LogP contribution in [-0.2, 0) is 0 Å². The number of anilines is 2. The zero-order valence-corrected chi connectivity index (χ0v) is 12.3. The van der Waals surface area contributed by atoms with Crippen LogP contribution < -0.4 is 10.6 Å². The second-order valence-corrected chi connectivity index (χ2v) is 6.15. The fourth-order valence-electron chi connectivity index (χ4n) is 2.62. The molecule has 1 saturated heterocycles. The molecule has 1 aromatic carbocycles. The van der Waals surface area contributed by atoms with Gasteiger partial charge in [0.1, 0.15) is 10.8 Å². The first-order valence-corrected chi connectivity index (χ1v) is 7.67. The van der Waals surface area contributed by atoms with E-state index in [-0.39, 0.29) is 6.10 Å². The van der Waals surface area contributed by atoms with Crippen molar-refractivity contribution in [2.24, 2.45) is 5.92 Å². The predicted octanol–water partition coefficient (Wildman–Crippen LogP) is 2.60. The highest BCUT2D eigenvalue weighted by Gasteiger charge is 2.28. The zero-order chi connectivity index (χ0) is 14.1. The molecular weight excluding hydrogens is 270 g/mol. The quantitative estimate of drug-likeness (QED) is 0.892. The molecule has 4 nitrogen and oxygen atoms in total. The number of nitrogen functional groups attached to an aromatic ring is 1. The predicted molar refractivity (Wildman–Crippen MR) is 84.0 cm³/mol. The largest absolute Gasteiger partial charge is 0.391 e. The maximum absolute atomic E-state index is 10.1. The van der Waals surface area contributed by atoms with Gasteiger partial charge in [-0.3, -0.25) is 0 Å². The first-order chi connectivity index (χ1) is 9.66. The molecular formula is C15H19N3OS. The van der Waals surface area contributed by atoms with E-state index in [0.717, 1.165) is 29.1 Å². The van der Waals surface area contributed by atoms with E-state index in [1.807, 2.05) is 30.3 Å². The number of β-amino-alcohol motifs (C(OH)–C–C–N with tert-alkyl or cyclic N) is 1. The van der Waals surface area contributed by atoms with E-state index < -0.39 is 0 Å². The summed E-state index contributed by atoms with van der Waals surface area (Å²) < 4.78 is 4.31. The van der Waals surface area contributed by atoms with Crippen molar-refractivity contribution in [2.75, 3.05) is 23.7 Å². The topological polar surface area (TPSA) is 62.4 Å². The maximum atomic E-state index is 10.1. The molecule has 1 aliphatic rings. The molecule has 5 heteroatoms. The Bertz CT molecular complexity index is 584. The third kappa shape index (κ3) is 2.39. The number of benzene rings is 1.